The van der Waals surface area contributed by atoms with E-state index in [1.165, 1.54) is 19.0 Å². The number of aryl methyl sites for hydroxylation is 2. The molecule has 2 N–H and O–H groups in total. The number of nitrogens with zero attached hydrogens (tertiary/aromatic N) is 3. The Morgan fingerprint density at radius 1 is 0.848 bits per heavy atom. The minimum Gasteiger partial charge on any atom is -0.334 e. The molecular weight excluding hydrogens is 414 g/mol. The molecule has 7 heteroatoms. The minimum atomic E-state index is -0.280. The largest absolute Gasteiger partial charge is 0.334 e. The number of fused-ring (bicyclic) bond motifs is 1. The Hall–Kier alpha value is -4.26. The lowest BCUT2D eigenvalue weighted by Gasteiger charge is -2.11. The maximum atomic E-state index is 12.8. The monoisotopic (exact) mass is 437 g/mol. The van der Waals surface area contributed by atoms with Gasteiger partial charge in [0.05, 0.1) is 11.3 Å². The summed E-state index contributed by atoms with van der Waals surface area (Å²) in [4.78, 5) is 33.8. The second-order valence-corrected chi connectivity index (χ2v) is 8.00. The van der Waals surface area contributed by atoms with Crippen molar-refractivity contribution in [1.82, 2.24) is 14.5 Å². The first-order valence-electron chi connectivity index (χ1n) is 10.9. The predicted molar refractivity (Wildman–Crippen MR) is 127 cm³/mol. The molecule has 0 spiro atoms. The number of pyridine rings is 1. The second-order valence-electron chi connectivity index (χ2n) is 8.00. The molecule has 3 heterocycles. The van der Waals surface area contributed by atoms with Crippen molar-refractivity contribution in [1.29, 1.82) is 0 Å². The van der Waals surface area contributed by atoms with Gasteiger partial charge in [-0.05, 0) is 55.3 Å². The summed E-state index contributed by atoms with van der Waals surface area (Å²) in [6.07, 6.45) is 8.62. The van der Waals surface area contributed by atoms with E-state index < -0.39 is 0 Å². The molecule has 164 valence electrons. The van der Waals surface area contributed by atoms with E-state index in [0.29, 0.717) is 22.5 Å². The highest BCUT2D eigenvalue weighted by atomic mass is 16.2. The van der Waals surface area contributed by atoms with Crippen molar-refractivity contribution in [3.8, 4) is 11.3 Å². The zero-order valence-corrected chi connectivity index (χ0v) is 18.0. The van der Waals surface area contributed by atoms with Crippen molar-refractivity contribution in [2.75, 3.05) is 10.6 Å². The Labute approximate surface area is 191 Å². The molecule has 1 aliphatic heterocycles. The van der Waals surface area contributed by atoms with Gasteiger partial charge < -0.3 is 15.2 Å². The smallest absolute Gasteiger partial charge is 0.257 e. The van der Waals surface area contributed by atoms with E-state index in [1.807, 2.05) is 24.3 Å². The molecule has 7 nitrogen and oxygen atoms in total. The van der Waals surface area contributed by atoms with Crippen molar-refractivity contribution in [2.45, 2.75) is 25.8 Å². The fourth-order valence-electron chi connectivity index (χ4n) is 3.92. The summed E-state index contributed by atoms with van der Waals surface area (Å²) >= 11 is 0. The topological polar surface area (TPSA) is 88.9 Å². The molecule has 0 saturated heterocycles. The number of carbonyl (C=O) groups is 2. The van der Waals surface area contributed by atoms with Gasteiger partial charge >= 0.3 is 0 Å². The van der Waals surface area contributed by atoms with E-state index in [1.54, 1.807) is 42.6 Å². The van der Waals surface area contributed by atoms with Crippen LogP contribution >= 0.6 is 0 Å². The summed E-state index contributed by atoms with van der Waals surface area (Å²) in [5, 5.41) is 5.71. The standard InChI is InChI=1S/C26H23N5O2/c32-25(19-5-3-7-22(15-19)29-26(33)20-6-4-13-27-16-20)28-21-11-9-18(10-12-21)23-17-31-14-2-1-8-24(31)30-23/h3-7,9-13,15-17H,1-2,8,14H2,(H,28,32)(H,29,33). The molecular formula is C26H23N5O2. The maximum Gasteiger partial charge on any atom is 0.257 e. The number of rotatable bonds is 5. The van der Waals surface area contributed by atoms with Gasteiger partial charge in [0, 0.05) is 54.1 Å². The number of aromatic nitrogens is 3. The number of carbonyl (C=O) groups excluding carboxylic acids is 2. The van der Waals surface area contributed by atoms with Gasteiger partial charge in [0.1, 0.15) is 5.82 Å². The molecule has 2 aromatic carbocycles. The van der Waals surface area contributed by atoms with Crippen LogP contribution in [0.15, 0.2) is 79.3 Å². The van der Waals surface area contributed by atoms with Crippen LogP contribution in [-0.2, 0) is 13.0 Å². The molecule has 5 rings (SSSR count). The van der Waals surface area contributed by atoms with Crippen molar-refractivity contribution in [2.24, 2.45) is 0 Å². The molecule has 0 unspecified atom stereocenters. The third-order valence-corrected chi connectivity index (χ3v) is 5.65. The van der Waals surface area contributed by atoms with Crippen LogP contribution in [0.5, 0.6) is 0 Å². The summed E-state index contributed by atoms with van der Waals surface area (Å²) in [7, 11) is 0. The van der Waals surface area contributed by atoms with Crippen LogP contribution in [-0.4, -0.2) is 26.3 Å². The van der Waals surface area contributed by atoms with Crippen LogP contribution < -0.4 is 10.6 Å². The Kier molecular flexibility index (Phi) is 5.68. The molecule has 1 aliphatic rings. The molecule has 0 fully saturated rings. The molecule has 0 saturated carbocycles. The van der Waals surface area contributed by atoms with E-state index in [-0.39, 0.29) is 11.8 Å². The van der Waals surface area contributed by atoms with E-state index in [2.05, 4.69) is 26.4 Å². The van der Waals surface area contributed by atoms with Gasteiger partial charge in [-0.1, -0.05) is 18.2 Å². The lowest BCUT2D eigenvalue weighted by Crippen LogP contribution is -2.14. The average molecular weight is 438 g/mol. The molecule has 2 aromatic heterocycles. The van der Waals surface area contributed by atoms with Gasteiger partial charge in [-0.15, -0.1) is 0 Å². The van der Waals surface area contributed by atoms with E-state index in [9.17, 15) is 9.59 Å². The zero-order chi connectivity index (χ0) is 22.6. The summed E-state index contributed by atoms with van der Waals surface area (Å²) in [6, 6.07) is 17.9. The van der Waals surface area contributed by atoms with Crippen LogP contribution in [0, 0.1) is 0 Å². The van der Waals surface area contributed by atoms with Gasteiger partial charge in [0.15, 0.2) is 0 Å². The molecule has 0 atom stereocenters. The van der Waals surface area contributed by atoms with Crippen LogP contribution in [0.4, 0.5) is 11.4 Å². The van der Waals surface area contributed by atoms with E-state index in [4.69, 9.17) is 4.98 Å². The number of imidazole rings is 1. The van der Waals surface area contributed by atoms with E-state index >= 15 is 0 Å². The lowest BCUT2D eigenvalue weighted by molar-refractivity contribution is 0.101. The SMILES string of the molecule is O=C(Nc1cccc(C(=O)Nc2ccc(-c3cn4c(n3)CCCC4)cc2)c1)c1cccnc1. The quantitative estimate of drug-likeness (QED) is 0.470. The fraction of sp³-hybridized carbons (Fsp3) is 0.154. The molecule has 2 amide bonds. The Morgan fingerprint density at radius 2 is 1.64 bits per heavy atom. The molecule has 0 radical (unpaired) electrons. The molecule has 33 heavy (non-hydrogen) atoms. The number of hydrogen-bond acceptors (Lipinski definition) is 4. The average Bonchev–Trinajstić information content (AvgIpc) is 3.29. The third kappa shape index (κ3) is 4.67. The number of amides is 2. The molecule has 0 aliphatic carbocycles. The second kappa shape index (κ2) is 9.08. The van der Waals surface area contributed by atoms with Gasteiger partial charge in [-0.2, -0.15) is 0 Å². The third-order valence-electron chi connectivity index (χ3n) is 5.65. The van der Waals surface area contributed by atoms with Crippen molar-refractivity contribution in [3.63, 3.8) is 0 Å². The highest BCUT2D eigenvalue weighted by Crippen LogP contribution is 2.24. The van der Waals surface area contributed by atoms with Crippen LogP contribution in [0.3, 0.4) is 0 Å². The van der Waals surface area contributed by atoms with Crippen molar-refractivity contribution >= 4 is 23.2 Å². The Bertz CT molecular complexity index is 1270. The first-order chi connectivity index (χ1) is 16.2. The van der Waals surface area contributed by atoms with Crippen LogP contribution in [0.2, 0.25) is 0 Å². The summed E-state index contributed by atoms with van der Waals surface area (Å²) in [5.41, 5.74) is 4.11. The van der Waals surface area contributed by atoms with Crippen molar-refractivity contribution < 1.29 is 9.59 Å². The highest BCUT2D eigenvalue weighted by molar-refractivity contribution is 6.07. The number of hydrogen-bond donors (Lipinski definition) is 2. The zero-order valence-electron chi connectivity index (χ0n) is 18.0. The Morgan fingerprint density at radius 3 is 2.42 bits per heavy atom. The predicted octanol–water partition coefficient (Wildman–Crippen LogP) is 4.79. The van der Waals surface area contributed by atoms with Crippen LogP contribution in [0.1, 0.15) is 39.4 Å². The number of nitrogens with one attached hydrogen (secondary N) is 2. The van der Waals surface area contributed by atoms with Crippen LogP contribution in [0.25, 0.3) is 11.3 Å². The highest BCUT2D eigenvalue weighted by Gasteiger charge is 2.14. The fourth-order valence-corrected chi connectivity index (χ4v) is 3.92. The first-order valence-corrected chi connectivity index (χ1v) is 10.9. The minimum absolute atomic E-state index is 0.252. The van der Waals surface area contributed by atoms with Gasteiger partial charge in [0.25, 0.3) is 11.8 Å². The van der Waals surface area contributed by atoms with E-state index in [0.717, 1.165) is 30.0 Å². The normalized spacial score (nSPS) is 12.6. The van der Waals surface area contributed by atoms with Gasteiger partial charge in [-0.3, -0.25) is 14.6 Å². The lowest BCUT2D eigenvalue weighted by atomic mass is 10.1. The van der Waals surface area contributed by atoms with Gasteiger partial charge in [0.2, 0.25) is 0 Å². The summed E-state index contributed by atoms with van der Waals surface area (Å²) in [5.74, 6) is 0.610. The number of anilines is 2. The molecule has 0 bridgehead atoms. The molecule has 4 aromatic rings. The maximum absolute atomic E-state index is 12.8. The first kappa shape index (κ1) is 20.6. The van der Waals surface area contributed by atoms with Gasteiger partial charge in [-0.25, -0.2) is 4.98 Å². The summed E-state index contributed by atoms with van der Waals surface area (Å²) < 4.78 is 2.23. The number of benzene rings is 2. The summed E-state index contributed by atoms with van der Waals surface area (Å²) in [6.45, 7) is 1.03. The Balaban J connectivity index is 1.25. The van der Waals surface area contributed by atoms with Crippen molar-refractivity contribution in [3.05, 3.63) is 96.2 Å².